The number of aryl methyl sites for hydroxylation is 1. The summed E-state index contributed by atoms with van der Waals surface area (Å²) in [4.78, 5) is 13.0. The molecule has 2 heterocycles. The van der Waals surface area contributed by atoms with Crippen molar-refractivity contribution >= 4 is 5.91 Å². The van der Waals surface area contributed by atoms with Crippen LogP contribution in [-0.2, 0) is 14.9 Å². The number of hydrogen-bond acceptors (Lipinski definition) is 5. The summed E-state index contributed by atoms with van der Waals surface area (Å²) in [7, 11) is 0. The molecule has 0 spiro atoms. The van der Waals surface area contributed by atoms with Gasteiger partial charge in [0.25, 0.3) is 5.91 Å². The minimum atomic E-state index is -0.593. The molecule has 0 radical (unpaired) electrons. The number of nitrogens with one attached hydrogen (secondary N) is 1. The van der Waals surface area contributed by atoms with E-state index in [1.165, 1.54) is 5.56 Å². The summed E-state index contributed by atoms with van der Waals surface area (Å²) in [6, 6.07) is 12.3. The molecule has 4 rings (SSSR count). The number of amides is 1. The van der Waals surface area contributed by atoms with Crippen LogP contribution in [0.15, 0.2) is 36.4 Å². The molecule has 1 amide bonds. The van der Waals surface area contributed by atoms with Gasteiger partial charge in [0, 0.05) is 25.2 Å². The Morgan fingerprint density at radius 1 is 1.06 bits per heavy atom. The lowest BCUT2D eigenvalue weighted by Crippen LogP contribution is -2.47. The van der Waals surface area contributed by atoms with Crippen molar-refractivity contribution in [1.82, 2.24) is 5.32 Å². The molecule has 0 bridgehead atoms. The van der Waals surface area contributed by atoms with Crippen LogP contribution in [0.1, 0.15) is 56.2 Å². The van der Waals surface area contributed by atoms with Crippen molar-refractivity contribution in [2.24, 2.45) is 0 Å². The fraction of sp³-hybridized carbons (Fsp3) is 0.500. The Labute approximate surface area is 190 Å². The molecule has 0 aromatic heterocycles. The molecule has 1 fully saturated rings. The molecule has 6 heteroatoms. The number of carbonyl (C=O) groups is 1. The van der Waals surface area contributed by atoms with Crippen molar-refractivity contribution in [2.75, 3.05) is 26.6 Å². The molecule has 2 aliphatic heterocycles. The van der Waals surface area contributed by atoms with Gasteiger partial charge >= 0.3 is 0 Å². The van der Waals surface area contributed by atoms with E-state index in [0.29, 0.717) is 25.7 Å². The highest BCUT2D eigenvalue weighted by molar-refractivity contribution is 5.81. The summed E-state index contributed by atoms with van der Waals surface area (Å²) < 4.78 is 22.7. The van der Waals surface area contributed by atoms with Gasteiger partial charge in [0.1, 0.15) is 5.75 Å². The Hall–Kier alpha value is -2.73. The van der Waals surface area contributed by atoms with Crippen LogP contribution >= 0.6 is 0 Å². The van der Waals surface area contributed by atoms with E-state index in [1.54, 1.807) is 6.92 Å². The Kier molecular flexibility index (Phi) is 6.60. The Morgan fingerprint density at radius 3 is 2.56 bits per heavy atom. The number of hydrogen-bond donors (Lipinski definition) is 1. The molecule has 2 aromatic rings. The zero-order valence-corrected chi connectivity index (χ0v) is 19.4. The first-order chi connectivity index (χ1) is 15.4. The van der Waals surface area contributed by atoms with Crippen molar-refractivity contribution in [2.45, 2.75) is 58.0 Å². The highest BCUT2D eigenvalue weighted by Crippen LogP contribution is 2.40. The SMILES string of the molecule is Cc1ccc(C(C)C)cc1OC(C)C(=O)NCC1(c2ccc3c(c2)OCO3)CCOCC1. The molecule has 172 valence electrons. The highest BCUT2D eigenvalue weighted by atomic mass is 16.7. The number of ether oxygens (including phenoxy) is 4. The normalized spacial score (nSPS) is 17.8. The number of rotatable bonds is 7. The molecule has 6 nitrogen and oxygen atoms in total. The zero-order chi connectivity index (χ0) is 22.7. The fourth-order valence-electron chi connectivity index (χ4n) is 4.30. The van der Waals surface area contributed by atoms with Crippen LogP contribution in [0.5, 0.6) is 17.2 Å². The second kappa shape index (κ2) is 9.41. The van der Waals surface area contributed by atoms with Gasteiger partial charge in [0.2, 0.25) is 6.79 Å². The van der Waals surface area contributed by atoms with E-state index in [-0.39, 0.29) is 18.1 Å². The predicted molar refractivity (Wildman–Crippen MR) is 123 cm³/mol. The lowest BCUT2D eigenvalue weighted by atomic mass is 9.74. The maximum atomic E-state index is 13.0. The number of carbonyl (C=O) groups excluding carboxylic acids is 1. The van der Waals surface area contributed by atoms with Crippen molar-refractivity contribution < 1.29 is 23.7 Å². The van der Waals surface area contributed by atoms with Gasteiger partial charge in [-0.2, -0.15) is 0 Å². The Morgan fingerprint density at radius 2 is 1.81 bits per heavy atom. The molecular weight excluding hydrogens is 406 g/mol. The third-order valence-electron chi connectivity index (χ3n) is 6.59. The van der Waals surface area contributed by atoms with E-state index >= 15 is 0 Å². The molecule has 2 aromatic carbocycles. The van der Waals surface area contributed by atoms with E-state index in [1.807, 2.05) is 31.2 Å². The Balaban J connectivity index is 1.45. The molecular formula is C26H33NO5. The average molecular weight is 440 g/mol. The van der Waals surface area contributed by atoms with Crippen LogP contribution in [0.25, 0.3) is 0 Å². The third-order valence-corrected chi connectivity index (χ3v) is 6.59. The first-order valence-electron chi connectivity index (χ1n) is 11.4. The van der Waals surface area contributed by atoms with Gasteiger partial charge in [0.15, 0.2) is 17.6 Å². The van der Waals surface area contributed by atoms with E-state index in [4.69, 9.17) is 18.9 Å². The molecule has 0 saturated carbocycles. The maximum Gasteiger partial charge on any atom is 0.260 e. The number of benzene rings is 2. The second-order valence-electron chi connectivity index (χ2n) is 9.12. The first-order valence-corrected chi connectivity index (χ1v) is 11.4. The van der Waals surface area contributed by atoms with Gasteiger partial charge in [0.05, 0.1) is 0 Å². The molecule has 1 atom stereocenters. The van der Waals surface area contributed by atoms with E-state index < -0.39 is 6.10 Å². The van der Waals surface area contributed by atoms with Crippen LogP contribution < -0.4 is 19.5 Å². The standard InChI is InChI=1S/C26H33NO5/c1-17(2)20-6-5-18(3)23(13-20)32-19(4)25(28)27-15-26(9-11-29-12-10-26)21-7-8-22-24(14-21)31-16-30-22/h5-8,13-14,17,19H,9-12,15-16H2,1-4H3,(H,27,28). The van der Waals surface area contributed by atoms with Gasteiger partial charge in [-0.05, 0) is 67.5 Å². The van der Waals surface area contributed by atoms with Crippen molar-refractivity contribution in [1.29, 1.82) is 0 Å². The first kappa shape index (κ1) is 22.5. The molecule has 1 N–H and O–H groups in total. The summed E-state index contributed by atoms with van der Waals surface area (Å²) in [5.74, 6) is 2.57. The lowest BCUT2D eigenvalue weighted by Gasteiger charge is -2.38. The van der Waals surface area contributed by atoms with Gasteiger partial charge in [-0.15, -0.1) is 0 Å². The van der Waals surface area contributed by atoms with Crippen LogP contribution in [0.2, 0.25) is 0 Å². The second-order valence-corrected chi connectivity index (χ2v) is 9.12. The van der Waals surface area contributed by atoms with Crippen molar-refractivity contribution in [3.05, 3.63) is 53.1 Å². The zero-order valence-electron chi connectivity index (χ0n) is 19.4. The molecule has 32 heavy (non-hydrogen) atoms. The van der Waals surface area contributed by atoms with E-state index in [2.05, 4.69) is 31.3 Å². The molecule has 1 unspecified atom stereocenters. The summed E-state index contributed by atoms with van der Waals surface area (Å²) in [6.45, 7) is 10.2. The minimum Gasteiger partial charge on any atom is -0.481 e. The van der Waals surface area contributed by atoms with Crippen molar-refractivity contribution in [3.63, 3.8) is 0 Å². The van der Waals surface area contributed by atoms with E-state index in [0.717, 1.165) is 41.2 Å². The van der Waals surface area contributed by atoms with Gasteiger partial charge in [-0.1, -0.05) is 32.0 Å². The van der Waals surface area contributed by atoms with Gasteiger partial charge in [-0.25, -0.2) is 0 Å². The highest BCUT2D eigenvalue weighted by Gasteiger charge is 2.36. The molecule has 2 aliphatic rings. The molecule has 1 saturated heterocycles. The van der Waals surface area contributed by atoms with Gasteiger partial charge < -0.3 is 24.3 Å². The topological polar surface area (TPSA) is 66.0 Å². The maximum absolute atomic E-state index is 13.0. The number of fused-ring (bicyclic) bond motifs is 1. The summed E-state index contributed by atoms with van der Waals surface area (Å²) in [6.07, 6.45) is 1.07. The van der Waals surface area contributed by atoms with Crippen LogP contribution in [-0.4, -0.2) is 38.6 Å². The van der Waals surface area contributed by atoms with Crippen LogP contribution in [0.4, 0.5) is 0 Å². The summed E-state index contributed by atoms with van der Waals surface area (Å²) >= 11 is 0. The summed E-state index contributed by atoms with van der Waals surface area (Å²) in [5.41, 5.74) is 3.15. The smallest absolute Gasteiger partial charge is 0.260 e. The molecule has 0 aliphatic carbocycles. The largest absolute Gasteiger partial charge is 0.481 e. The monoisotopic (exact) mass is 439 g/mol. The minimum absolute atomic E-state index is 0.119. The predicted octanol–water partition coefficient (Wildman–Crippen LogP) is 4.48. The van der Waals surface area contributed by atoms with Crippen LogP contribution in [0, 0.1) is 6.92 Å². The van der Waals surface area contributed by atoms with Gasteiger partial charge in [-0.3, -0.25) is 4.79 Å². The van der Waals surface area contributed by atoms with E-state index in [9.17, 15) is 4.79 Å². The van der Waals surface area contributed by atoms with Crippen LogP contribution in [0.3, 0.4) is 0 Å². The third kappa shape index (κ3) is 4.70. The Bertz CT molecular complexity index is 965. The lowest BCUT2D eigenvalue weighted by molar-refractivity contribution is -0.127. The summed E-state index contributed by atoms with van der Waals surface area (Å²) in [5, 5.41) is 3.14. The average Bonchev–Trinajstić information content (AvgIpc) is 3.27. The van der Waals surface area contributed by atoms with Crippen molar-refractivity contribution in [3.8, 4) is 17.2 Å². The fourth-order valence-corrected chi connectivity index (χ4v) is 4.30. The quantitative estimate of drug-likeness (QED) is 0.689.